The van der Waals surface area contributed by atoms with Crippen LogP contribution in [0.25, 0.3) is 0 Å². The van der Waals surface area contributed by atoms with Crippen LogP contribution in [0.5, 0.6) is 0 Å². The maximum absolute atomic E-state index is 8.80. The summed E-state index contributed by atoms with van der Waals surface area (Å²) < 4.78 is 0.978. The van der Waals surface area contributed by atoms with Gasteiger partial charge in [0.1, 0.15) is 0 Å². The third-order valence-electron chi connectivity index (χ3n) is 1.57. The Morgan fingerprint density at radius 1 is 1.50 bits per heavy atom. The molecule has 0 bridgehead atoms. The predicted molar refractivity (Wildman–Crippen MR) is 56.2 cm³/mol. The van der Waals surface area contributed by atoms with E-state index in [2.05, 4.69) is 37.9 Å². The van der Waals surface area contributed by atoms with Crippen LogP contribution in [0.15, 0.2) is 22.7 Å². The maximum atomic E-state index is 8.80. The SMILES string of the molecule is CC(Br)c1c(Br)cccc1C#N. The minimum Gasteiger partial charge on any atom is -0.192 e. The van der Waals surface area contributed by atoms with E-state index in [4.69, 9.17) is 5.26 Å². The second kappa shape index (κ2) is 4.06. The molecule has 0 heterocycles. The Morgan fingerprint density at radius 3 is 2.58 bits per heavy atom. The number of benzene rings is 1. The molecule has 0 radical (unpaired) electrons. The number of hydrogen-bond donors (Lipinski definition) is 0. The Bertz CT molecular complexity index is 326. The molecule has 62 valence electrons. The summed E-state index contributed by atoms with van der Waals surface area (Å²) in [6, 6.07) is 7.78. The highest BCUT2D eigenvalue weighted by atomic mass is 79.9. The van der Waals surface area contributed by atoms with Gasteiger partial charge in [0.2, 0.25) is 0 Å². The summed E-state index contributed by atoms with van der Waals surface area (Å²) in [6.45, 7) is 2.00. The normalized spacial score (nSPS) is 12.2. The lowest BCUT2D eigenvalue weighted by Gasteiger charge is -2.07. The van der Waals surface area contributed by atoms with Crippen LogP contribution in [0.4, 0.5) is 0 Å². The lowest BCUT2D eigenvalue weighted by molar-refractivity contribution is 1.10. The van der Waals surface area contributed by atoms with Gasteiger partial charge in [0.05, 0.1) is 11.6 Å². The number of alkyl halides is 1. The van der Waals surface area contributed by atoms with Crippen molar-refractivity contribution in [3.63, 3.8) is 0 Å². The topological polar surface area (TPSA) is 23.8 Å². The lowest BCUT2D eigenvalue weighted by Crippen LogP contribution is -1.91. The van der Waals surface area contributed by atoms with Crippen molar-refractivity contribution >= 4 is 31.9 Å². The Labute approximate surface area is 88.7 Å². The number of halogens is 2. The first-order chi connectivity index (χ1) is 5.66. The molecule has 0 aromatic heterocycles. The van der Waals surface area contributed by atoms with Crippen LogP contribution in [-0.4, -0.2) is 0 Å². The van der Waals surface area contributed by atoms with Crippen LogP contribution in [-0.2, 0) is 0 Å². The van der Waals surface area contributed by atoms with Crippen molar-refractivity contribution in [1.29, 1.82) is 5.26 Å². The van der Waals surface area contributed by atoms with Gasteiger partial charge in [-0.1, -0.05) is 37.9 Å². The van der Waals surface area contributed by atoms with E-state index < -0.39 is 0 Å². The summed E-state index contributed by atoms with van der Waals surface area (Å²) in [5.41, 5.74) is 1.73. The highest BCUT2D eigenvalue weighted by Gasteiger charge is 2.10. The number of nitrogens with zero attached hydrogens (tertiary/aromatic N) is 1. The van der Waals surface area contributed by atoms with Gasteiger partial charge in [0.15, 0.2) is 0 Å². The van der Waals surface area contributed by atoms with Crippen molar-refractivity contribution < 1.29 is 0 Å². The van der Waals surface area contributed by atoms with Crippen molar-refractivity contribution in [3.8, 4) is 6.07 Å². The minimum absolute atomic E-state index is 0.197. The molecular weight excluding hydrogens is 282 g/mol. The van der Waals surface area contributed by atoms with Gasteiger partial charge in [-0.15, -0.1) is 0 Å². The van der Waals surface area contributed by atoms with E-state index in [0.29, 0.717) is 5.56 Å². The van der Waals surface area contributed by atoms with Crippen molar-refractivity contribution in [2.24, 2.45) is 0 Å². The van der Waals surface area contributed by atoms with Gasteiger partial charge in [0, 0.05) is 9.30 Å². The second-order valence-electron chi connectivity index (χ2n) is 2.43. The molecule has 1 rings (SSSR count). The van der Waals surface area contributed by atoms with E-state index in [-0.39, 0.29) is 4.83 Å². The Balaban J connectivity index is 3.32. The van der Waals surface area contributed by atoms with Gasteiger partial charge in [-0.2, -0.15) is 5.26 Å². The Hall–Kier alpha value is -0.330. The van der Waals surface area contributed by atoms with Crippen LogP contribution in [0, 0.1) is 11.3 Å². The number of hydrogen-bond acceptors (Lipinski definition) is 1. The van der Waals surface area contributed by atoms with Crippen molar-refractivity contribution in [3.05, 3.63) is 33.8 Å². The molecule has 12 heavy (non-hydrogen) atoms. The number of nitriles is 1. The van der Waals surface area contributed by atoms with E-state index in [1.165, 1.54) is 0 Å². The van der Waals surface area contributed by atoms with Gasteiger partial charge < -0.3 is 0 Å². The van der Waals surface area contributed by atoms with Gasteiger partial charge >= 0.3 is 0 Å². The summed E-state index contributed by atoms with van der Waals surface area (Å²) >= 11 is 6.85. The van der Waals surface area contributed by atoms with Gasteiger partial charge in [-0.05, 0) is 24.6 Å². The molecule has 0 spiro atoms. The Morgan fingerprint density at radius 2 is 2.17 bits per heavy atom. The molecule has 1 aromatic carbocycles. The molecule has 1 unspecified atom stereocenters. The summed E-state index contributed by atoms with van der Waals surface area (Å²) in [5.74, 6) is 0. The summed E-state index contributed by atoms with van der Waals surface area (Å²) in [6.07, 6.45) is 0. The quantitative estimate of drug-likeness (QED) is 0.722. The largest absolute Gasteiger partial charge is 0.192 e. The summed E-state index contributed by atoms with van der Waals surface area (Å²) in [4.78, 5) is 0.197. The van der Waals surface area contributed by atoms with Crippen LogP contribution in [0.2, 0.25) is 0 Å². The standard InChI is InChI=1S/C9H7Br2N/c1-6(10)9-7(5-12)3-2-4-8(9)11/h2-4,6H,1H3. The molecule has 3 heteroatoms. The van der Waals surface area contributed by atoms with E-state index in [0.717, 1.165) is 10.0 Å². The molecule has 1 atom stereocenters. The molecule has 0 aliphatic rings. The first kappa shape index (κ1) is 9.76. The first-order valence-corrected chi connectivity index (χ1v) is 5.20. The minimum atomic E-state index is 0.197. The first-order valence-electron chi connectivity index (χ1n) is 3.49. The fraction of sp³-hybridized carbons (Fsp3) is 0.222. The maximum Gasteiger partial charge on any atom is 0.0995 e. The third-order valence-corrected chi connectivity index (χ3v) is 2.72. The molecule has 0 N–H and O–H groups in total. The smallest absolute Gasteiger partial charge is 0.0995 e. The zero-order valence-corrected chi connectivity index (χ0v) is 9.68. The molecule has 0 saturated heterocycles. The molecule has 0 fully saturated rings. The third kappa shape index (κ3) is 1.88. The average molecular weight is 289 g/mol. The van der Waals surface area contributed by atoms with E-state index >= 15 is 0 Å². The fourth-order valence-electron chi connectivity index (χ4n) is 1.04. The van der Waals surface area contributed by atoms with Crippen LogP contribution in [0.1, 0.15) is 22.9 Å². The molecule has 0 saturated carbocycles. The lowest BCUT2D eigenvalue weighted by atomic mass is 10.1. The van der Waals surface area contributed by atoms with E-state index in [1.54, 1.807) is 0 Å². The summed E-state index contributed by atoms with van der Waals surface area (Å²) in [5, 5.41) is 8.80. The highest BCUT2D eigenvalue weighted by Crippen LogP contribution is 2.31. The average Bonchev–Trinajstić information content (AvgIpc) is 2.03. The fourth-order valence-corrected chi connectivity index (χ4v) is 2.55. The molecule has 1 nitrogen and oxygen atoms in total. The van der Waals surface area contributed by atoms with Gasteiger partial charge in [-0.25, -0.2) is 0 Å². The van der Waals surface area contributed by atoms with E-state index in [9.17, 15) is 0 Å². The van der Waals surface area contributed by atoms with Crippen molar-refractivity contribution in [1.82, 2.24) is 0 Å². The molecule has 0 aliphatic heterocycles. The Kier molecular flexibility index (Phi) is 3.30. The van der Waals surface area contributed by atoms with Crippen molar-refractivity contribution in [2.75, 3.05) is 0 Å². The van der Waals surface area contributed by atoms with Gasteiger partial charge in [-0.3, -0.25) is 0 Å². The highest BCUT2D eigenvalue weighted by molar-refractivity contribution is 9.11. The van der Waals surface area contributed by atoms with Crippen LogP contribution in [0.3, 0.4) is 0 Å². The zero-order chi connectivity index (χ0) is 9.14. The van der Waals surface area contributed by atoms with Crippen molar-refractivity contribution in [2.45, 2.75) is 11.8 Å². The van der Waals surface area contributed by atoms with Gasteiger partial charge in [0.25, 0.3) is 0 Å². The molecule has 0 aliphatic carbocycles. The van der Waals surface area contributed by atoms with Crippen LogP contribution >= 0.6 is 31.9 Å². The van der Waals surface area contributed by atoms with Crippen LogP contribution < -0.4 is 0 Å². The second-order valence-corrected chi connectivity index (χ2v) is 4.66. The molecule has 0 amide bonds. The zero-order valence-electron chi connectivity index (χ0n) is 6.51. The monoisotopic (exact) mass is 287 g/mol. The predicted octanol–water partition coefficient (Wildman–Crippen LogP) is 3.78. The summed E-state index contributed by atoms with van der Waals surface area (Å²) in [7, 11) is 0. The molecule has 1 aromatic rings. The van der Waals surface area contributed by atoms with E-state index in [1.807, 2.05) is 25.1 Å². The molecular formula is C9H7Br2N. The number of rotatable bonds is 1.